The van der Waals surface area contributed by atoms with Crippen LogP contribution < -0.4 is 0 Å². The first-order valence-electron chi connectivity index (χ1n) is 38.1. The second-order valence-corrected chi connectivity index (χ2v) is 30.5. The van der Waals surface area contributed by atoms with E-state index in [9.17, 15) is 10.5 Å². The minimum atomic E-state index is 0.388. The summed E-state index contributed by atoms with van der Waals surface area (Å²) in [6, 6.07) is 130. The van der Waals surface area contributed by atoms with Gasteiger partial charge >= 0.3 is 0 Å². The van der Waals surface area contributed by atoms with Crippen molar-refractivity contribution >= 4 is 195 Å². The molecule has 18 aromatic carbocycles. The van der Waals surface area contributed by atoms with E-state index >= 15 is 0 Å². The van der Waals surface area contributed by atoms with Gasteiger partial charge in [0, 0.05) is 80.1 Å². The van der Waals surface area contributed by atoms with E-state index in [0.29, 0.717) is 28.2 Å². The molecular formula is C104H58N6O2S. The maximum absolute atomic E-state index is 12.4. The van der Waals surface area contributed by atoms with Crippen molar-refractivity contribution in [2.45, 2.75) is 0 Å². The normalized spacial score (nSPS) is 12.1. The van der Waals surface area contributed by atoms with E-state index < -0.39 is 0 Å². The number of hydrogen-bond donors (Lipinski definition) is 0. The molecule has 8 nitrogen and oxygen atoms in total. The molecule has 7 heterocycles. The lowest BCUT2D eigenvalue weighted by molar-refractivity contribution is 0.633. The maximum Gasteiger partial charge on any atom is 0.178 e. The van der Waals surface area contributed by atoms with E-state index in [-0.39, 0.29) is 0 Å². The van der Waals surface area contributed by atoms with Gasteiger partial charge in [-0.15, -0.1) is 11.3 Å². The summed E-state index contributed by atoms with van der Waals surface area (Å²) >= 11 is 1.79. The number of furan rings is 2. The fourth-order valence-corrected chi connectivity index (χ4v) is 20.1. The van der Waals surface area contributed by atoms with Crippen molar-refractivity contribution in [1.82, 2.24) is 18.3 Å². The van der Waals surface area contributed by atoms with Crippen molar-refractivity contribution in [3.05, 3.63) is 363 Å². The Labute approximate surface area is 648 Å². The molecule has 0 fully saturated rings. The Morgan fingerprint density at radius 1 is 0.221 bits per heavy atom. The van der Waals surface area contributed by atoms with Crippen LogP contribution in [0.1, 0.15) is 11.1 Å². The molecule has 7 aromatic heterocycles. The fourth-order valence-electron chi connectivity index (χ4n) is 18.9. The van der Waals surface area contributed by atoms with Gasteiger partial charge in [-0.3, -0.25) is 0 Å². The summed E-state index contributed by atoms with van der Waals surface area (Å²) in [6.07, 6.45) is 0. The molecule has 0 spiro atoms. The van der Waals surface area contributed by atoms with E-state index in [2.05, 4.69) is 352 Å². The second kappa shape index (κ2) is 24.1. The van der Waals surface area contributed by atoms with Crippen molar-refractivity contribution < 1.29 is 8.83 Å². The van der Waals surface area contributed by atoms with Crippen LogP contribution in [0.15, 0.2) is 361 Å². The molecule has 522 valence electrons. The molecule has 0 atom stereocenters. The Hall–Kier alpha value is -15.3. The van der Waals surface area contributed by atoms with Crippen LogP contribution in [0.2, 0.25) is 0 Å². The molecule has 0 aliphatic heterocycles. The van der Waals surface area contributed by atoms with E-state index in [1.165, 1.54) is 59.1 Å². The minimum Gasteiger partial charge on any atom is -0.452 e. The SMILES string of the molecule is N#Cc1c(-n2c3ccccc3c3ccccc32)c(C#N)c(-n2c3ccccc3c3ccccc32)c(-n2c3ccccc3c3ccc4c5ccccc5sc4c32)c1-n1c2ccccc2c2ccccc21.c1cc(-c2ccc3oc4c(ccc5c6ccccc6oc54)c3c2)cc(-c2ccc3c4ccccc4c4ccccc4c3c2)c1. The van der Waals surface area contributed by atoms with Gasteiger partial charge in [0.2, 0.25) is 0 Å². The monoisotopic (exact) mass is 1450 g/mol. The third kappa shape index (κ3) is 8.93. The topological polar surface area (TPSA) is 93.6 Å². The van der Waals surface area contributed by atoms with E-state index in [4.69, 9.17) is 8.83 Å². The Balaban J connectivity index is 0.000000144. The predicted molar refractivity (Wildman–Crippen MR) is 471 cm³/mol. The highest BCUT2D eigenvalue weighted by Crippen LogP contribution is 2.52. The second-order valence-electron chi connectivity index (χ2n) is 29.4. The number of rotatable bonds is 6. The number of para-hydroxylation sites is 8. The molecule has 0 amide bonds. The van der Waals surface area contributed by atoms with Crippen LogP contribution in [0, 0.1) is 22.7 Å². The van der Waals surface area contributed by atoms with Gasteiger partial charge in [0.1, 0.15) is 34.4 Å². The summed E-state index contributed by atoms with van der Waals surface area (Å²) < 4.78 is 24.2. The molecule has 0 bridgehead atoms. The number of aromatic nitrogens is 4. The number of hydrogen-bond acceptors (Lipinski definition) is 5. The van der Waals surface area contributed by atoms with E-state index in [1.54, 1.807) is 11.3 Å². The Morgan fingerprint density at radius 3 is 1.04 bits per heavy atom. The zero-order valence-corrected chi connectivity index (χ0v) is 61.2. The highest BCUT2D eigenvalue weighted by Gasteiger charge is 2.35. The van der Waals surface area contributed by atoms with Gasteiger partial charge in [0.15, 0.2) is 11.2 Å². The third-order valence-electron chi connectivity index (χ3n) is 23.7. The van der Waals surface area contributed by atoms with Crippen LogP contribution in [-0.4, -0.2) is 18.3 Å². The quantitative estimate of drug-likeness (QED) is 0.155. The number of fused-ring (bicyclic) bond motifs is 29. The van der Waals surface area contributed by atoms with Crippen LogP contribution in [0.5, 0.6) is 0 Å². The molecule has 0 unspecified atom stereocenters. The highest BCUT2D eigenvalue weighted by molar-refractivity contribution is 7.26. The molecule has 9 heteroatoms. The Bertz CT molecular complexity index is 8220. The first-order chi connectivity index (χ1) is 56.0. The third-order valence-corrected chi connectivity index (χ3v) is 24.9. The highest BCUT2D eigenvalue weighted by atomic mass is 32.1. The number of nitrogens with zero attached hydrogens (tertiary/aromatic N) is 6. The van der Waals surface area contributed by atoms with Crippen LogP contribution in [0.3, 0.4) is 0 Å². The molecule has 0 aliphatic carbocycles. The van der Waals surface area contributed by atoms with Crippen LogP contribution in [0.25, 0.3) is 229 Å². The summed E-state index contributed by atoms with van der Waals surface area (Å²) in [5, 5.41) is 47.7. The molecule has 0 saturated heterocycles. The summed E-state index contributed by atoms with van der Waals surface area (Å²) in [5.74, 6) is 0. The number of thiophene rings is 1. The maximum atomic E-state index is 12.4. The van der Waals surface area contributed by atoms with Crippen LogP contribution >= 0.6 is 11.3 Å². The van der Waals surface area contributed by atoms with Gasteiger partial charge in [-0.05, 0) is 146 Å². The zero-order valence-electron chi connectivity index (χ0n) is 60.4. The zero-order chi connectivity index (χ0) is 74.3. The Morgan fingerprint density at radius 2 is 0.549 bits per heavy atom. The summed E-state index contributed by atoms with van der Waals surface area (Å²) in [6.45, 7) is 0. The van der Waals surface area contributed by atoms with Gasteiger partial charge in [-0.1, -0.05) is 261 Å². The first-order valence-corrected chi connectivity index (χ1v) is 38.9. The average molecular weight is 1460 g/mol. The molecule has 0 N–H and O–H groups in total. The van der Waals surface area contributed by atoms with Crippen molar-refractivity contribution in [3.8, 4) is 57.1 Å². The van der Waals surface area contributed by atoms with Crippen molar-refractivity contribution in [2.75, 3.05) is 0 Å². The summed E-state index contributed by atoms with van der Waals surface area (Å²) in [4.78, 5) is 0. The molecule has 25 rings (SSSR count). The van der Waals surface area contributed by atoms with Crippen LogP contribution in [0.4, 0.5) is 0 Å². The molecule has 0 saturated carbocycles. The minimum absolute atomic E-state index is 0.388. The molecule has 0 aliphatic rings. The molecular weight excluding hydrogens is 1400 g/mol. The van der Waals surface area contributed by atoms with Crippen molar-refractivity contribution in [2.24, 2.45) is 0 Å². The van der Waals surface area contributed by atoms with Crippen molar-refractivity contribution in [3.63, 3.8) is 0 Å². The number of benzene rings is 18. The van der Waals surface area contributed by atoms with E-state index in [0.717, 1.165) is 152 Å². The first kappa shape index (κ1) is 62.7. The fraction of sp³-hybridized carbons (Fsp3) is 0. The van der Waals surface area contributed by atoms with Gasteiger partial charge in [-0.25, -0.2) is 0 Å². The Kier molecular flexibility index (Phi) is 13.4. The predicted octanol–water partition coefficient (Wildman–Crippen LogP) is 28.5. The van der Waals surface area contributed by atoms with Crippen LogP contribution in [-0.2, 0) is 0 Å². The molecule has 25 aromatic rings. The summed E-state index contributed by atoms with van der Waals surface area (Å²) in [5.41, 5.74) is 19.1. The molecule has 0 radical (unpaired) electrons. The molecule has 113 heavy (non-hydrogen) atoms. The average Bonchev–Trinajstić information content (AvgIpc) is 1.52. The van der Waals surface area contributed by atoms with Crippen molar-refractivity contribution in [1.29, 1.82) is 10.5 Å². The lowest BCUT2D eigenvalue weighted by Crippen LogP contribution is -2.17. The van der Waals surface area contributed by atoms with E-state index in [1.807, 2.05) is 30.3 Å². The largest absolute Gasteiger partial charge is 0.452 e. The standard InChI is InChI=1S/C62H34N6S.C42H24O2/c63-35-47-57(65-49-25-9-1-17-37(49)38-18-2-10-26-50(38)65)48(36-64)59(67-53-29-13-5-21-41(53)42-22-6-14-30-54(42)67)61(58(47)66-51-27-11-3-19-39(51)40-20-4-12-28-52(40)66)68-55-31-15-7-23-43(55)45-33-34-46-44-24-8-16-32-56(44)69-62(46)60(45)68;1-2-12-31-29(10-1)30-11-3-4-13-32(30)37-23-27(16-18-33(31)37)25-8-7-9-26(22-25)28-17-21-40-38(24-28)36-20-19-35-34-14-5-6-15-39(34)43-41(35)42(36)44-40/h1-34H;1-24H. The number of nitriles is 2. The van der Waals surface area contributed by atoms with Gasteiger partial charge in [-0.2, -0.15) is 10.5 Å². The lowest BCUT2D eigenvalue weighted by Gasteiger charge is -2.27. The van der Waals surface area contributed by atoms with Gasteiger partial charge in [0.25, 0.3) is 0 Å². The lowest BCUT2D eigenvalue weighted by atomic mass is 9.91. The smallest absolute Gasteiger partial charge is 0.178 e. The summed E-state index contributed by atoms with van der Waals surface area (Å²) in [7, 11) is 0. The van der Waals surface area contributed by atoms with Gasteiger partial charge in [0.05, 0.1) is 71.6 Å². The van der Waals surface area contributed by atoms with Gasteiger partial charge < -0.3 is 27.1 Å².